The van der Waals surface area contributed by atoms with Gasteiger partial charge in [0.1, 0.15) is 11.9 Å². The van der Waals surface area contributed by atoms with E-state index in [-0.39, 0.29) is 18.1 Å². The van der Waals surface area contributed by atoms with Crippen LogP contribution in [0.1, 0.15) is 25.3 Å². The molecule has 1 N–H and O–H groups in total. The van der Waals surface area contributed by atoms with Crippen molar-refractivity contribution in [3.63, 3.8) is 0 Å². The number of guanidine groups is 1. The van der Waals surface area contributed by atoms with Gasteiger partial charge in [-0.15, -0.1) is 0 Å². The first-order valence-electron chi connectivity index (χ1n) is 11.3. The van der Waals surface area contributed by atoms with Crippen LogP contribution in [0, 0.1) is 0 Å². The molecule has 2 atom stereocenters. The average Bonchev–Trinajstić information content (AvgIpc) is 3.35. The van der Waals surface area contributed by atoms with Crippen LogP contribution in [0.2, 0.25) is 0 Å². The maximum absolute atomic E-state index is 12.5. The van der Waals surface area contributed by atoms with E-state index in [1.54, 1.807) is 7.05 Å². The molecule has 31 heavy (non-hydrogen) atoms. The fraction of sp³-hybridized carbons (Fsp3) is 0.682. The van der Waals surface area contributed by atoms with E-state index < -0.39 is 0 Å². The van der Waals surface area contributed by atoms with E-state index in [9.17, 15) is 4.79 Å². The molecular weight excluding hydrogens is 396 g/mol. The Morgan fingerprint density at radius 3 is 2.61 bits per heavy atom. The molecule has 3 saturated heterocycles. The first kappa shape index (κ1) is 21.8. The van der Waals surface area contributed by atoms with Crippen molar-refractivity contribution in [2.45, 2.75) is 38.5 Å². The van der Waals surface area contributed by atoms with E-state index in [1.807, 2.05) is 11.1 Å². The minimum atomic E-state index is -0.236. The highest BCUT2D eigenvalue weighted by Gasteiger charge is 2.30. The third-order valence-corrected chi connectivity index (χ3v) is 6.13. The SMILES string of the molecule is CN=C(NCc1ccc(N2CCOC(C)C2)nc1)N1CCN(C(=O)C2CCCO2)CC1. The second kappa shape index (κ2) is 10.3. The number of pyridine rings is 1. The molecule has 0 radical (unpaired) electrons. The summed E-state index contributed by atoms with van der Waals surface area (Å²) < 4.78 is 11.2. The lowest BCUT2D eigenvalue weighted by Crippen LogP contribution is -2.55. The van der Waals surface area contributed by atoms with Crippen molar-refractivity contribution in [1.82, 2.24) is 20.1 Å². The van der Waals surface area contributed by atoms with Crippen molar-refractivity contribution in [3.8, 4) is 0 Å². The molecule has 3 fully saturated rings. The van der Waals surface area contributed by atoms with Crippen molar-refractivity contribution in [2.24, 2.45) is 4.99 Å². The molecule has 3 aliphatic heterocycles. The van der Waals surface area contributed by atoms with Crippen LogP contribution in [0.15, 0.2) is 23.3 Å². The average molecular weight is 431 g/mol. The van der Waals surface area contributed by atoms with Crippen LogP contribution in [0.3, 0.4) is 0 Å². The monoisotopic (exact) mass is 430 g/mol. The summed E-state index contributed by atoms with van der Waals surface area (Å²) in [6, 6.07) is 4.19. The minimum Gasteiger partial charge on any atom is -0.375 e. The summed E-state index contributed by atoms with van der Waals surface area (Å²) in [5.74, 6) is 1.99. The van der Waals surface area contributed by atoms with Gasteiger partial charge in [0.05, 0.1) is 12.7 Å². The third kappa shape index (κ3) is 5.46. The van der Waals surface area contributed by atoms with Crippen LogP contribution in [0.5, 0.6) is 0 Å². The van der Waals surface area contributed by atoms with Crippen molar-refractivity contribution in [2.75, 3.05) is 64.4 Å². The molecular formula is C22H34N6O3. The van der Waals surface area contributed by atoms with Crippen LogP contribution in [0.4, 0.5) is 5.82 Å². The zero-order valence-electron chi connectivity index (χ0n) is 18.6. The molecule has 1 amide bonds. The number of carbonyl (C=O) groups is 1. The Hall–Kier alpha value is -2.39. The third-order valence-electron chi connectivity index (χ3n) is 6.13. The zero-order valence-corrected chi connectivity index (χ0v) is 18.6. The number of ether oxygens (including phenoxy) is 2. The van der Waals surface area contributed by atoms with Gasteiger partial charge in [-0.3, -0.25) is 9.79 Å². The summed E-state index contributed by atoms with van der Waals surface area (Å²) in [6.45, 7) is 8.89. The van der Waals surface area contributed by atoms with E-state index in [1.165, 1.54) is 0 Å². The number of aromatic nitrogens is 1. The number of nitrogens with one attached hydrogen (secondary N) is 1. The van der Waals surface area contributed by atoms with Gasteiger partial charge in [0.2, 0.25) is 0 Å². The molecule has 1 aromatic heterocycles. The number of hydrogen-bond donors (Lipinski definition) is 1. The number of hydrogen-bond acceptors (Lipinski definition) is 6. The molecule has 0 saturated carbocycles. The van der Waals surface area contributed by atoms with Gasteiger partial charge in [-0.2, -0.15) is 0 Å². The molecule has 1 aromatic rings. The number of piperazine rings is 1. The van der Waals surface area contributed by atoms with E-state index in [4.69, 9.17) is 9.47 Å². The Bertz CT molecular complexity index is 757. The first-order valence-corrected chi connectivity index (χ1v) is 11.3. The van der Waals surface area contributed by atoms with E-state index in [0.717, 1.165) is 63.0 Å². The number of amides is 1. The molecule has 0 aromatic carbocycles. The summed E-state index contributed by atoms with van der Waals surface area (Å²) in [5, 5.41) is 3.43. The number of nitrogens with zero attached hydrogens (tertiary/aromatic N) is 5. The summed E-state index contributed by atoms with van der Waals surface area (Å²) in [5.41, 5.74) is 1.11. The molecule has 0 aliphatic carbocycles. The van der Waals surface area contributed by atoms with Crippen LogP contribution in [-0.4, -0.2) is 98.4 Å². The van der Waals surface area contributed by atoms with Gasteiger partial charge in [-0.1, -0.05) is 6.07 Å². The van der Waals surface area contributed by atoms with E-state index in [2.05, 4.69) is 44.1 Å². The van der Waals surface area contributed by atoms with E-state index >= 15 is 0 Å². The fourth-order valence-corrected chi connectivity index (χ4v) is 4.36. The Morgan fingerprint density at radius 2 is 1.97 bits per heavy atom. The second-order valence-electron chi connectivity index (χ2n) is 8.37. The zero-order chi connectivity index (χ0) is 21.6. The molecule has 9 heteroatoms. The molecule has 2 unspecified atom stereocenters. The van der Waals surface area contributed by atoms with Gasteiger partial charge in [0.25, 0.3) is 5.91 Å². The standard InChI is InChI=1S/C22H34N6O3/c1-17-16-28(11-13-30-17)20-6-5-18(14-24-20)15-25-22(23-2)27-9-7-26(8-10-27)21(29)19-4-3-12-31-19/h5-6,14,17,19H,3-4,7-13,15-16H2,1-2H3,(H,23,25). The highest BCUT2D eigenvalue weighted by Crippen LogP contribution is 2.17. The maximum atomic E-state index is 12.5. The predicted molar refractivity (Wildman–Crippen MR) is 119 cm³/mol. The van der Waals surface area contributed by atoms with Crippen molar-refractivity contribution < 1.29 is 14.3 Å². The van der Waals surface area contributed by atoms with Gasteiger partial charge in [-0.05, 0) is 31.4 Å². The molecule has 4 heterocycles. The highest BCUT2D eigenvalue weighted by molar-refractivity contribution is 5.82. The van der Waals surface area contributed by atoms with Gasteiger partial charge >= 0.3 is 0 Å². The minimum absolute atomic E-state index is 0.140. The summed E-state index contributed by atoms with van der Waals surface area (Å²) in [4.78, 5) is 28.0. The molecule has 0 spiro atoms. The quantitative estimate of drug-likeness (QED) is 0.556. The van der Waals surface area contributed by atoms with Gasteiger partial charge in [0, 0.05) is 65.7 Å². The van der Waals surface area contributed by atoms with Gasteiger partial charge < -0.3 is 29.5 Å². The van der Waals surface area contributed by atoms with Crippen LogP contribution >= 0.6 is 0 Å². The second-order valence-corrected chi connectivity index (χ2v) is 8.37. The van der Waals surface area contributed by atoms with Crippen LogP contribution < -0.4 is 10.2 Å². The van der Waals surface area contributed by atoms with Crippen LogP contribution in [-0.2, 0) is 20.8 Å². The largest absolute Gasteiger partial charge is 0.375 e. The predicted octanol–water partition coefficient (Wildman–Crippen LogP) is 0.705. The topological polar surface area (TPSA) is 82.5 Å². The lowest BCUT2D eigenvalue weighted by Gasteiger charge is -2.37. The van der Waals surface area contributed by atoms with Crippen molar-refractivity contribution >= 4 is 17.7 Å². The highest BCUT2D eigenvalue weighted by atomic mass is 16.5. The summed E-state index contributed by atoms with van der Waals surface area (Å²) >= 11 is 0. The molecule has 9 nitrogen and oxygen atoms in total. The normalized spacial score (nSPS) is 25.1. The number of rotatable bonds is 4. The van der Waals surface area contributed by atoms with Crippen LogP contribution in [0.25, 0.3) is 0 Å². The Labute approximate surface area is 184 Å². The molecule has 0 bridgehead atoms. The molecule has 3 aliphatic rings. The first-order chi connectivity index (χ1) is 15.1. The lowest BCUT2D eigenvalue weighted by molar-refractivity contribution is -0.142. The summed E-state index contributed by atoms with van der Waals surface area (Å²) in [7, 11) is 1.80. The Kier molecular flexibility index (Phi) is 7.24. The molecule has 4 rings (SSSR count). The lowest BCUT2D eigenvalue weighted by atomic mass is 10.2. The van der Waals surface area contributed by atoms with E-state index in [0.29, 0.717) is 26.2 Å². The smallest absolute Gasteiger partial charge is 0.251 e. The number of aliphatic imine (C=N–C) groups is 1. The fourth-order valence-electron chi connectivity index (χ4n) is 4.36. The van der Waals surface area contributed by atoms with Crippen molar-refractivity contribution in [1.29, 1.82) is 0 Å². The maximum Gasteiger partial charge on any atom is 0.251 e. The number of anilines is 1. The Balaban J connectivity index is 1.25. The van der Waals surface area contributed by atoms with Gasteiger partial charge in [0.15, 0.2) is 5.96 Å². The molecule has 170 valence electrons. The summed E-state index contributed by atoms with van der Waals surface area (Å²) in [6.07, 6.45) is 3.75. The van der Waals surface area contributed by atoms with Gasteiger partial charge in [-0.25, -0.2) is 4.98 Å². The number of morpholine rings is 1. The van der Waals surface area contributed by atoms with Crippen molar-refractivity contribution in [3.05, 3.63) is 23.9 Å². The Morgan fingerprint density at radius 1 is 1.16 bits per heavy atom. The number of carbonyl (C=O) groups excluding carboxylic acids is 1.